The standard InChI is InChI=1S/C10H22/c1-5-6-7-10(4)8-9(2)3/h9-10H,5-8H2,1-4H3/t10-/m0/s1. The predicted molar refractivity (Wildman–Crippen MR) is 48.1 cm³/mol. The van der Waals surface area contributed by atoms with Gasteiger partial charge in [-0.3, -0.25) is 0 Å². The predicted octanol–water partition coefficient (Wildman–Crippen LogP) is 3.86. The lowest BCUT2D eigenvalue weighted by molar-refractivity contribution is 0.404. The zero-order valence-electron chi connectivity index (χ0n) is 7.98. The number of unbranched alkanes of at least 4 members (excludes halogenated alkanes) is 1. The molecule has 0 radical (unpaired) electrons. The van der Waals surface area contributed by atoms with Crippen molar-refractivity contribution >= 4 is 0 Å². The van der Waals surface area contributed by atoms with E-state index in [0.29, 0.717) is 0 Å². The summed E-state index contributed by atoms with van der Waals surface area (Å²) in [5, 5.41) is 0. The van der Waals surface area contributed by atoms with Crippen molar-refractivity contribution in [2.24, 2.45) is 11.8 Å². The van der Waals surface area contributed by atoms with Crippen LogP contribution >= 0.6 is 0 Å². The molecule has 0 spiro atoms. The van der Waals surface area contributed by atoms with E-state index in [9.17, 15) is 0 Å². The Balaban J connectivity index is 3.16. The van der Waals surface area contributed by atoms with Crippen LogP contribution in [0.3, 0.4) is 0 Å². The molecular weight excluding hydrogens is 120 g/mol. The first-order chi connectivity index (χ1) is 4.66. The van der Waals surface area contributed by atoms with Crippen LogP contribution in [0.1, 0.15) is 53.4 Å². The van der Waals surface area contributed by atoms with Gasteiger partial charge in [0.05, 0.1) is 0 Å². The molecule has 0 saturated carbocycles. The normalized spacial score (nSPS) is 14.1. The van der Waals surface area contributed by atoms with Crippen molar-refractivity contribution in [2.45, 2.75) is 53.4 Å². The maximum Gasteiger partial charge on any atom is -0.0440 e. The summed E-state index contributed by atoms with van der Waals surface area (Å²) >= 11 is 0. The molecule has 0 aliphatic rings. The Bertz CT molecular complexity index is 64.4. The summed E-state index contributed by atoms with van der Waals surface area (Å²) in [6.45, 7) is 9.25. The molecule has 0 heteroatoms. The molecule has 1 atom stereocenters. The summed E-state index contributed by atoms with van der Waals surface area (Å²) in [6, 6.07) is 0. The third-order valence-corrected chi connectivity index (χ3v) is 1.92. The van der Waals surface area contributed by atoms with E-state index in [2.05, 4.69) is 27.7 Å². The Morgan fingerprint density at radius 1 is 1.10 bits per heavy atom. The first-order valence-corrected chi connectivity index (χ1v) is 4.66. The molecule has 0 aromatic heterocycles. The molecule has 0 bridgehead atoms. The lowest BCUT2D eigenvalue weighted by Gasteiger charge is -2.12. The SMILES string of the molecule is CCCC[C@H](C)CC(C)C. The van der Waals surface area contributed by atoms with E-state index in [1.165, 1.54) is 25.7 Å². The van der Waals surface area contributed by atoms with E-state index in [1.807, 2.05) is 0 Å². The van der Waals surface area contributed by atoms with Gasteiger partial charge >= 0.3 is 0 Å². The van der Waals surface area contributed by atoms with Crippen LogP contribution in [0.2, 0.25) is 0 Å². The van der Waals surface area contributed by atoms with E-state index >= 15 is 0 Å². The van der Waals surface area contributed by atoms with Gasteiger partial charge in [-0.15, -0.1) is 0 Å². The monoisotopic (exact) mass is 142 g/mol. The Labute approximate surface area is 66.0 Å². The van der Waals surface area contributed by atoms with Gasteiger partial charge in [-0.2, -0.15) is 0 Å². The van der Waals surface area contributed by atoms with Gasteiger partial charge in [0.1, 0.15) is 0 Å². The highest BCUT2D eigenvalue weighted by Gasteiger charge is 2.03. The molecule has 0 aromatic rings. The highest BCUT2D eigenvalue weighted by molar-refractivity contribution is 4.55. The van der Waals surface area contributed by atoms with Crippen molar-refractivity contribution < 1.29 is 0 Å². The van der Waals surface area contributed by atoms with Crippen LogP contribution < -0.4 is 0 Å². The van der Waals surface area contributed by atoms with E-state index in [1.54, 1.807) is 0 Å². The average molecular weight is 142 g/mol. The first kappa shape index (κ1) is 10.0. The lowest BCUT2D eigenvalue weighted by Crippen LogP contribution is -1.99. The number of hydrogen-bond acceptors (Lipinski definition) is 0. The molecule has 0 N–H and O–H groups in total. The van der Waals surface area contributed by atoms with Crippen molar-refractivity contribution in [1.82, 2.24) is 0 Å². The van der Waals surface area contributed by atoms with Crippen LogP contribution in [0.4, 0.5) is 0 Å². The molecule has 0 rings (SSSR count). The summed E-state index contributed by atoms with van der Waals surface area (Å²) in [6.07, 6.45) is 5.59. The second-order valence-electron chi connectivity index (χ2n) is 3.88. The van der Waals surface area contributed by atoms with Crippen LogP contribution in [-0.2, 0) is 0 Å². The van der Waals surface area contributed by atoms with Gasteiger partial charge in [0.25, 0.3) is 0 Å². The van der Waals surface area contributed by atoms with E-state index in [4.69, 9.17) is 0 Å². The summed E-state index contributed by atoms with van der Waals surface area (Å²) in [5.41, 5.74) is 0. The molecule has 0 amide bonds. The minimum Gasteiger partial charge on any atom is -0.0654 e. The molecule has 0 nitrogen and oxygen atoms in total. The van der Waals surface area contributed by atoms with Gasteiger partial charge in [0.2, 0.25) is 0 Å². The van der Waals surface area contributed by atoms with E-state index < -0.39 is 0 Å². The Hall–Kier alpha value is 0. The first-order valence-electron chi connectivity index (χ1n) is 4.66. The molecule has 0 fully saturated rings. The van der Waals surface area contributed by atoms with Crippen LogP contribution in [0.5, 0.6) is 0 Å². The third-order valence-electron chi connectivity index (χ3n) is 1.92. The maximum absolute atomic E-state index is 2.37. The van der Waals surface area contributed by atoms with Crippen molar-refractivity contribution in [3.8, 4) is 0 Å². The molecule has 0 aliphatic heterocycles. The summed E-state index contributed by atoms with van der Waals surface area (Å²) < 4.78 is 0. The quantitative estimate of drug-likeness (QED) is 0.547. The Morgan fingerprint density at radius 3 is 2.10 bits per heavy atom. The molecule has 0 aromatic carbocycles. The Kier molecular flexibility index (Phi) is 5.76. The molecule has 0 unspecified atom stereocenters. The number of hydrogen-bond donors (Lipinski definition) is 0. The number of rotatable bonds is 5. The largest absolute Gasteiger partial charge is 0.0654 e. The maximum atomic E-state index is 2.37. The fourth-order valence-corrected chi connectivity index (χ4v) is 1.48. The van der Waals surface area contributed by atoms with Crippen molar-refractivity contribution in [1.29, 1.82) is 0 Å². The lowest BCUT2D eigenvalue weighted by atomic mass is 9.94. The molecule has 10 heavy (non-hydrogen) atoms. The van der Waals surface area contributed by atoms with Crippen LogP contribution in [-0.4, -0.2) is 0 Å². The van der Waals surface area contributed by atoms with Crippen LogP contribution in [0.25, 0.3) is 0 Å². The molecule has 62 valence electrons. The highest BCUT2D eigenvalue weighted by atomic mass is 14.1. The van der Waals surface area contributed by atoms with Crippen molar-refractivity contribution in [3.63, 3.8) is 0 Å². The smallest absolute Gasteiger partial charge is 0.0440 e. The zero-order chi connectivity index (χ0) is 7.98. The topological polar surface area (TPSA) is 0 Å². The van der Waals surface area contributed by atoms with Crippen molar-refractivity contribution in [3.05, 3.63) is 0 Å². The minimum atomic E-state index is 0.881. The molecule has 0 saturated heterocycles. The van der Waals surface area contributed by atoms with Gasteiger partial charge in [-0.25, -0.2) is 0 Å². The summed E-state index contributed by atoms with van der Waals surface area (Å²) in [7, 11) is 0. The molecule has 0 heterocycles. The highest BCUT2D eigenvalue weighted by Crippen LogP contribution is 2.16. The fourth-order valence-electron chi connectivity index (χ4n) is 1.48. The zero-order valence-corrected chi connectivity index (χ0v) is 7.98. The van der Waals surface area contributed by atoms with Gasteiger partial charge in [0.15, 0.2) is 0 Å². The van der Waals surface area contributed by atoms with E-state index in [0.717, 1.165) is 11.8 Å². The van der Waals surface area contributed by atoms with Gasteiger partial charge in [0, 0.05) is 0 Å². The van der Waals surface area contributed by atoms with Crippen LogP contribution in [0.15, 0.2) is 0 Å². The van der Waals surface area contributed by atoms with E-state index in [-0.39, 0.29) is 0 Å². The fraction of sp³-hybridized carbons (Fsp3) is 1.00. The average Bonchev–Trinajstić information content (AvgIpc) is 1.82. The van der Waals surface area contributed by atoms with Gasteiger partial charge in [-0.1, -0.05) is 47.0 Å². The summed E-state index contributed by atoms with van der Waals surface area (Å²) in [4.78, 5) is 0. The third kappa shape index (κ3) is 6.12. The second-order valence-corrected chi connectivity index (χ2v) is 3.88. The molecular formula is C10H22. The van der Waals surface area contributed by atoms with Gasteiger partial charge in [-0.05, 0) is 18.3 Å². The van der Waals surface area contributed by atoms with Gasteiger partial charge < -0.3 is 0 Å². The second kappa shape index (κ2) is 5.76. The summed E-state index contributed by atoms with van der Waals surface area (Å²) in [5.74, 6) is 1.83. The Morgan fingerprint density at radius 2 is 1.70 bits per heavy atom. The molecule has 0 aliphatic carbocycles. The minimum absolute atomic E-state index is 0.881. The van der Waals surface area contributed by atoms with Crippen molar-refractivity contribution in [2.75, 3.05) is 0 Å². The van der Waals surface area contributed by atoms with Crippen LogP contribution in [0, 0.1) is 11.8 Å².